The minimum atomic E-state index is 0.322. The Labute approximate surface area is 129 Å². The Balaban J connectivity index is 1.92. The molecule has 2 heteroatoms. The first-order valence-corrected chi connectivity index (χ1v) is 9.95. The molecule has 0 spiro atoms. The second-order valence-electron chi connectivity index (χ2n) is 5.75. The zero-order valence-electron chi connectivity index (χ0n) is 12.4. The predicted molar refractivity (Wildman–Crippen MR) is 86.8 cm³/mol. The van der Waals surface area contributed by atoms with Crippen molar-refractivity contribution in [2.75, 3.05) is 0 Å². The second kappa shape index (κ2) is 9.36. The van der Waals surface area contributed by atoms with E-state index in [1.165, 1.54) is 49.4 Å². The molecule has 1 aromatic carbocycles. The molecule has 0 amide bonds. The monoisotopic (exact) mass is 338 g/mol. The van der Waals surface area contributed by atoms with Crippen LogP contribution in [0.5, 0.6) is 0 Å². The van der Waals surface area contributed by atoms with Crippen LogP contribution in [-0.2, 0) is 4.79 Å². The summed E-state index contributed by atoms with van der Waals surface area (Å²) >= 11 is 0.322. The predicted octanol–water partition coefficient (Wildman–Crippen LogP) is 4.29. The van der Waals surface area contributed by atoms with Gasteiger partial charge in [0.05, 0.1) is 0 Å². The van der Waals surface area contributed by atoms with E-state index in [4.69, 9.17) is 0 Å². The molecule has 110 valence electrons. The van der Waals surface area contributed by atoms with Crippen molar-refractivity contribution in [3.8, 4) is 0 Å². The molecule has 0 bridgehead atoms. The molecule has 0 radical (unpaired) electrons. The number of ketones is 1. The molecule has 0 heterocycles. The summed E-state index contributed by atoms with van der Waals surface area (Å²) in [6.07, 6.45) is 12.3. The Hall–Kier alpha value is -0.591. The van der Waals surface area contributed by atoms with E-state index in [1.54, 1.807) is 0 Å². The number of carbonyl (C=O) groups is 1. The third-order valence-corrected chi connectivity index (χ3v) is 6.81. The average molecular weight is 337 g/mol. The molecule has 1 aromatic rings. The third kappa shape index (κ3) is 5.81. The summed E-state index contributed by atoms with van der Waals surface area (Å²) in [4.78, 5) is 12.8. The van der Waals surface area contributed by atoms with Gasteiger partial charge in [-0.2, -0.15) is 0 Å². The van der Waals surface area contributed by atoms with Crippen LogP contribution in [0.2, 0.25) is 4.82 Å². The van der Waals surface area contributed by atoms with Crippen LogP contribution in [0.15, 0.2) is 30.3 Å². The van der Waals surface area contributed by atoms with Gasteiger partial charge in [0, 0.05) is 0 Å². The first-order valence-electron chi connectivity index (χ1n) is 8.11. The van der Waals surface area contributed by atoms with E-state index in [-0.39, 0.29) is 0 Å². The summed E-state index contributed by atoms with van der Waals surface area (Å²) in [6, 6.07) is 10.6. The van der Waals surface area contributed by atoms with Gasteiger partial charge in [-0.3, -0.25) is 0 Å². The van der Waals surface area contributed by atoms with Gasteiger partial charge < -0.3 is 0 Å². The van der Waals surface area contributed by atoms with Crippen molar-refractivity contribution in [1.29, 1.82) is 0 Å². The van der Waals surface area contributed by atoms with Crippen molar-refractivity contribution in [2.24, 2.45) is 0 Å². The molecule has 1 atom stereocenters. The molecule has 0 saturated heterocycles. The van der Waals surface area contributed by atoms with Crippen molar-refractivity contribution >= 4 is 25.2 Å². The van der Waals surface area contributed by atoms with E-state index in [9.17, 15) is 4.79 Å². The van der Waals surface area contributed by atoms with E-state index in [2.05, 4.69) is 30.3 Å². The second-order valence-corrected chi connectivity index (χ2v) is 8.43. The van der Waals surface area contributed by atoms with Gasteiger partial charge in [-0.25, -0.2) is 0 Å². The average Bonchev–Trinajstić information content (AvgIpc) is 2.47. The van der Waals surface area contributed by atoms with Crippen LogP contribution in [0, 0.1) is 0 Å². The van der Waals surface area contributed by atoms with Crippen LogP contribution >= 0.6 is 0 Å². The third-order valence-electron chi connectivity index (χ3n) is 4.02. The standard InChI is InChI=1S/C18H26OSe/c19-17-14-10-5-3-1-2-4-6-11-15-18(17)20-16-12-8-7-9-13-16/h7-9,12-13,18H,1-6,10-11,14-15H2. The van der Waals surface area contributed by atoms with Crippen LogP contribution in [-0.4, -0.2) is 20.7 Å². The van der Waals surface area contributed by atoms with Crippen molar-refractivity contribution in [3.05, 3.63) is 30.3 Å². The molecule has 0 aromatic heterocycles. The van der Waals surface area contributed by atoms with Crippen molar-refractivity contribution in [1.82, 2.24) is 0 Å². The van der Waals surface area contributed by atoms with Crippen molar-refractivity contribution in [2.45, 2.75) is 69.0 Å². The fourth-order valence-electron chi connectivity index (χ4n) is 2.80. The van der Waals surface area contributed by atoms with Gasteiger partial charge in [0.1, 0.15) is 0 Å². The number of hydrogen-bond donors (Lipinski definition) is 0. The molecule has 1 aliphatic carbocycles. The maximum absolute atomic E-state index is 12.5. The van der Waals surface area contributed by atoms with Crippen molar-refractivity contribution in [3.63, 3.8) is 0 Å². The molecule has 1 aliphatic rings. The summed E-state index contributed by atoms with van der Waals surface area (Å²) in [5.41, 5.74) is 0. The summed E-state index contributed by atoms with van der Waals surface area (Å²) in [7, 11) is 0. The molecule has 1 saturated carbocycles. The molecule has 2 rings (SSSR count). The number of carbonyl (C=O) groups excluding carboxylic acids is 1. The fourth-order valence-corrected chi connectivity index (χ4v) is 5.27. The Morgan fingerprint density at radius 1 is 0.800 bits per heavy atom. The molecule has 0 aliphatic heterocycles. The first kappa shape index (κ1) is 15.8. The SMILES string of the molecule is O=C1CCCCCCCCCCC1[Se]c1ccccc1. The Morgan fingerprint density at radius 3 is 2.10 bits per heavy atom. The molecular weight excluding hydrogens is 311 g/mol. The van der Waals surface area contributed by atoms with Gasteiger partial charge in [0.15, 0.2) is 0 Å². The van der Waals surface area contributed by atoms with Crippen molar-refractivity contribution < 1.29 is 4.79 Å². The van der Waals surface area contributed by atoms with Crippen LogP contribution in [0.25, 0.3) is 0 Å². The van der Waals surface area contributed by atoms with Gasteiger partial charge in [-0.05, 0) is 0 Å². The quantitative estimate of drug-likeness (QED) is 0.736. The Morgan fingerprint density at radius 2 is 1.40 bits per heavy atom. The molecule has 0 N–H and O–H groups in total. The molecule has 20 heavy (non-hydrogen) atoms. The van der Waals surface area contributed by atoms with E-state index >= 15 is 0 Å². The molecular formula is C18H26OSe. The summed E-state index contributed by atoms with van der Waals surface area (Å²) in [6.45, 7) is 0. The molecule has 1 unspecified atom stereocenters. The Kier molecular flexibility index (Phi) is 7.39. The fraction of sp³-hybridized carbons (Fsp3) is 0.611. The van der Waals surface area contributed by atoms with E-state index in [0.29, 0.717) is 25.6 Å². The first-order chi connectivity index (χ1) is 9.86. The van der Waals surface area contributed by atoms with Crippen LogP contribution in [0.4, 0.5) is 0 Å². The van der Waals surface area contributed by atoms with Gasteiger partial charge in [-0.1, -0.05) is 0 Å². The number of Topliss-reactive ketones (excluding diaryl/α,β-unsaturated/α-hetero) is 1. The van der Waals surface area contributed by atoms with Gasteiger partial charge in [0.25, 0.3) is 0 Å². The number of rotatable bonds is 2. The van der Waals surface area contributed by atoms with Crippen LogP contribution < -0.4 is 4.46 Å². The van der Waals surface area contributed by atoms with E-state index in [0.717, 1.165) is 19.3 Å². The van der Waals surface area contributed by atoms with Gasteiger partial charge in [0.2, 0.25) is 0 Å². The van der Waals surface area contributed by atoms with E-state index in [1.807, 2.05) is 0 Å². The maximum atomic E-state index is 12.5. The Bertz CT molecular complexity index is 388. The van der Waals surface area contributed by atoms with Crippen LogP contribution in [0.1, 0.15) is 64.2 Å². The summed E-state index contributed by atoms with van der Waals surface area (Å²) in [5.74, 6) is 0.537. The number of hydrogen-bond acceptors (Lipinski definition) is 1. The van der Waals surface area contributed by atoms with Gasteiger partial charge in [-0.15, -0.1) is 0 Å². The molecule has 1 fully saturated rings. The van der Waals surface area contributed by atoms with Crippen LogP contribution in [0.3, 0.4) is 0 Å². The topological polar surface area (TPSA) is 17.1 Å². The summed E-state index contributed by atoms with van der Waals surface area (Å²) < 4.78 is 1.38. The van der Waals surface area contributed by atoms with E-state index < -0.39 is 0 Å². The summed E-state index contributed by atoms with van der Waals surface area (Å²) in [5, 5.41) is 0. The van der Waals surface area contributed by atoms with Gasteiger partial charge >= 0.3 is 129 Å². The minimum absolute atomic E-state index is 0.322. The normalized spacial score (nSPS) is 22.8. The zero-order chi connectivity index (χ0) is 14.0. The number of benzene rings is 1. The zero-order valence-corrected chi connectivity index (χ0v) is 14.1. The molecule has 1 nitrogen and oxygen atoms in total.